The molecule has 0 aromatic heterocycles. The Morgan fingerprint density at radius 2 is 1.35 bits per heavy atom. The maximum absolute atomic E-state index is 2.33. The van der Waals surface area contributed by atoms with Gasteiger partial charge in [-0.15, -0.1) is 0 Å². The third kappa shape index (κ3) is 2.91. The summed E-state index contributed by atoms with van der Waals surface area (Å²) in [5, 5.41) is 0. The van der Waals surface area contributed by atoms with Crippen LogP contribution in [-0.4, -0.2) is 0 Å². The third-order valence-electron chi connectivity index (χ3n) is 4.16. The van der Waals surface area contributed by atoms with Gasteiger partial charge in [0.25, 0.3) is 0 Å². The Balaban J connectivity index is 0.000000329. The van der Waals surface area contributed by atoms with Crippen LogP contribution in [0.15, 0.2) is 24.3 Å². The minimum atomic E-state index is 0.682. The molecule has 0 aliphatic heterocycles. The minimum Gasteiger partial charge on any atom is -0.0656 e. The predicted molar refractivity (Wildman–Crippen MR) is 75.3 cm³/mol. The summed E-state index contributed by atoms with van der Waals surface area (Å²) in [6, 6.07) is 9.05. The Kier molecular flexibility index (Phi) is 4.25. The highest BCUT2D eigenvalue weighted by Crippen LogP contribution is 2.46. The summed E-state index contributed by atoms with van der Waals surface area (Å²) in [6.45, 7) is 4.25. The number of fused-ring (bicyclic) bond motifs is 1. The molecule has 1 saturated carbocycles. The van der Waals surface area contributed by atoms with E-state index in [0.29, 0.717) is 5.41 Å². The van der Waals surface area contributed by atoms with Crippen molar-refractivity contribution in [2.24, 2.45) is 5.41 Å². The molecular weight excluding hydrogens is 204 g/mol. The normalized spacial score (nSPS) is 20.6. The van der Waals surface area contributed by atoms with Crippen LogP contribution in [0, 0.1) is 5.41 Å². The van der Waals surface area contributed by atoms with E-state index in [-0.39, 0.29) is 0 Å². The maximum atomic E-state index is 2.33. The molecular formula is C17H26. The van der Waals surface area contributed by atoms with Crippen LogP contribution in [0.4, 0.5) is 0 Å². The van der Waals surface area contributed by atoms with Crippen LogP contribution in [0.5, 0.6) is 0 Å². The van der Waals surface area contributed by atoms with Crippen LogP contribution in [0.25, 0.3) is 0 Å². The van der Waals surface area contributed by atoms with Crippen molar-refractivity contribution in [3.63, 3.8) is 0 Å². The van der Waals surface area contributed by atoms with E-state index in [2.05, 4.69) is 38.1 Å². The van der Waals surface area contributed by atoms with Gasteiger partial charge in [-0.2, -0.15) is 0 Å². The van der Waals surface area contributed by atoms with Gasteiger partial charge in [0.15, 0.2) is 0 Å². The Morgan fingerprint density at radius 3 is 1.82 bits per heavy atom. The van der Waals surface area contributed by atoms with Gasteiger partial charge in [0.1, 0.15) is 0 Å². The second-order valence-corrected chi connectivity index (χ2v) is 5.89. The molecule has 0 heteroatoms. The van der Waals surface area contributed by atoms with Crippen molar-refractivity contribution in [1.29, 1.82) is 0 Å². The summed E-state index contributed by atoms with van der Waals surface area (Å²) in [7, 11) is 0. The predicted octanol–water partition coefficient (Wildman–Crippen LogP) is 5.15. The first-order chi connectivity index (χ1) is 8.29. The van der Waals surface area contributed by atoms with Crippen molar-refractivity contribution in [3.05, 3.63) is 35.4 Å². The maximum Gasteiger partial charge on any atom is -0.0216 e. The van der Waals surface area contributed by atoms with E-state index in [4.69, 9.17) is 0 Å². The highest BCUT2D eigenvalue weighted by Gasteiger charge is 2.37. The van der Waals surface area contributed by atoms with Gasteiger partial charge in [0.2, 0.25) is 0 Å². The first-order valence-corrected chi connectivity index (χ1v) is 7.36. The van der Waals surface area contributed by atoms with Gasteiger partial charge in [0.05, 0.1) is 0 Å². The van der Waals surface area contributed by atoms with Crippen LogP contribution < -0.4 is 0 Å². The molecule has 0 unspecified atom stereocenters. The zero-order valence-corrected chi connectivity index (χ0v) is 11.5. The molecule has 94 valence electrons. The number of hydrogen-bond acceptors (Lipinski definition) is 0. The van der Waals surface area contributed by atoms with Gasteiger partial charge in [-0.25, -0.2) is 0 Å². The summed E-state index contributed by atoms with van der Waals surface area (Å²) >= 11 is 0. The van der Waals surface area contributed by atoms with Crippen molar-refractivity contribution < 1.29 is 0 Å². The zero-order chi connectivity index (χ0) is 12.1. The molecule has 0 bridgehead atoms. The average Bonchev–Trinajstić information content (AvgIpc) is 2.68. The molecule has 1 aromatic rings. The lowest BCUT2D eigenvalue weighted by Crippen LogP contribution is -2.24. The topological polar surface area (TPSA) is 0 Å². The fourth-order valence-electron chi connectivity index (χ4n) is 3.43. The molecule has 0 N–H and O–H groups in total. The summed E-state index contributed by atoms with van der Waals surface area (Å²) in [5.41, 5.74) is 3.95. The standard InChI is InChI=1S/C14H18.C3H8/c1-4-8-14(9-5-1)10-12-6-2-3-7-13(12)11-14;1-3-2/h2-3,6-7H,1,4-5,8-11H2;3H2,1-2H3. The lowest BCUT2D eigenvalue weighted by atomic mass is 9.72. The number of hydrogen-bond donors (Lipinski definition) is 0. The van der Waals surface area contributed by atoms with E-state index in [1.54, 1.807) is 11.1 Å². The SMILES string of the molecule is CCC.c1ccc2c(c1)CC1(CCCCC1)C2. The molecule has 3 rings (SSSR count). The molecule has 1 fully saturated rings. The fourth-order valence-corrected chi connectivity index (χ4v) is 3.43. The third-order valence-corrected chi connectivity index (χ3v) is 4.16. The van der Waals surface area contributed by atoms with Crippen molar-refractivity contribution in [2.75, 3.05) is 0 Å². The van der Waals surface area contributed by atoms with Crippen LogP contribution in [0.3, 0.4) is 0 Å². The smallest absolute Gasteiger partial charge is 0.0216 e. The Bertz CT molecular complexity index is 318. The molecule has 2 aliphatic rings. The van der Waals surface area contributed by atoms with Gasteiger partial charge >= 0.3 is 0 Å². The average molecular weight is 230 g/mol. The van der Waals surface area contributed by atoms with Gasteiger partial charge in [0, 0.05) is 0 Å². The number of rotatable bonds is 0. The second-order valence-electron chi connectivity index (χ2n) is 5.89. The summed E-state index contributed by atoms with van der Waals surface area (Å²) in [6.07, 6.45) is 11.3. The quantitative estimate of drug-likeness (QED) is 0.578. The zero-order valence-electron chi connectivity index (χ0n) is 11.5. The van der Waals surface area contributed by atoms with Crippen LogP contribution >= 0.6 is 0 Å². The Labute approximate surface area is 106 Å². The molecule has 1 spiro atoms. The van der Waals surface area contributed by atoms with Gasteiger partial charge in [-0.1, -0.05) is 63.8 Å². The molecule has 2 aliphatic carbocycles. The Hall–Kier alpha value is -0.780. The van der Waals surface area contributed by atoms with Crippen LogP contribution in [0.1, 0.15) is 63.5 Å². The lowest BCUT2D eigenvalue weighted by Gasteiger charge is -2.33. The first-order valence-electron chi connectivity index (χ1n) is 7.36. The van der Waals surface area contributed by atoms with E-state index in [1.165, 1.54) is 51.4 Å². The second kappa shape index (κ2) is 5.71. The lowest BCUT2D eigenvalue weighted by molar-refractivity contribution is 0.203. The molecule has 0 saturated heterocycles. The highest BCUT2D eigenvalue weighted by atomic mass is 14.4. The van der Waals surface area contributed by atoms with Gasteiger partial charge in [-0.3, -0.25) is 0 Å². The summed E-state index contributed by atoms with van der Waals surface area (Å²) < 4.78 is 0. The summed E-state index contributed by atoms with van der Waals surface area (Å²) in [5.74, 6) is 0. The molecule has 0 radical (unpaired) electrons. The monoisotopic (exact) mass is 230 g/mol. The van der Waals surface area contributed by atoms with E-state index in [9.17, 15) is 0 Å². The van der Waals surface area contributed by atoms with Crippen molar-refractivity contribution in [2.45, 2.75) is 65.2 Å². The highest BCUT2D eigenvalue weighted by molar-refractivity contribution is 5.34. The van der Waals surface area contributed by atoms with Gasteiger partial charge < -0.3 is 0 Å². The molecule has 1 aromatic carbocycles. The van der Waals surface area contributed by atoms with E-state index < -0.39 is 0 Å². The Morgan fingerprint density at radius 1 is 0.882 bits per heavy atom. The van der Waals surface area contributed by atoms with E-state index in [1.807, 2.05) is 0 Å². The fraction of sp³-hybridized carbons (Fsp3) is 0.647. The minimum absolute atomic E-state index is 0.682. The molecule has 0 atom stereocenters. The van der Waals surface area contributed by atoms with E-state index in [0.717, 1.165) is 0 Å². The first kappa shape index (κ1) is 12.7. The van der Waals surface area contributed by atoms with Crippen molar-refractivity contribution >= 4 is 0 Å². The van der Waals surface area contributed by atoms with Crippen LogP contribution in [-0.2, 0) is 12.8 Å². The largest absolute Gasteiger partial charge is 0.0656 e. The summed E-state index contributed by atoms with van der Waals surface area (Å²) in [4.78, 5) is 0. The van der Waals surface area contributed by atoms with Crippen LogP contribution in [0.2, 0.25) is 0 Å². The number of benzene rings is 1. The van der Waals surface area contributed by atoms with Crippen molar-refractivity contribution in [1.82, 2.24) is 0 Å². The molecule has 0 amide bonds. The van der Waals surface area contributed by atoms with E-state index >= 15 is 0 Å². The van der Waals surface area contributed by atoms with Gasteiger partial charge in [-0.05, 0) is 42.2 Å². The van der Waals surface area contributed by atoms with Crippen molar-refractivity contribution in [3.8, 4) is 0 Å². The molecule has 0 heterocycles. The molecule has 17 heavy (non-hydrogen) atoms. The molecule has 0 nitrogen and oxygen atoms in total.